The van der Waals surface area contributed by atoms with E-state index < -0.39 is 17.7 Å². The molecule has 2 aliphatic heterocycles. The highest BCUT2D eigenvalue weighted by molar-refractivity contribution is 5.95. The van der Waals surface area contributed by atoms with Crippen molar-refractivity contribution in [3.05, 3.63) is 46.8 Å². The van der Waals surface area contributed by atoms with Gasteiger partial charge >= 0.3 is 6.03 Å². The maximum absolute atomic E-state index is 13.8. The monoisotopic (exact) mass is 389 g/mol. The average Bonchev–Trinajstić information content (AvgIpc) is 3.32. The lowest BCUT2D eigenvalue weighted by molar-refractivity contribution is 0.0784. The number of fused-ring (bicyclic) bond motifs is 1. The zero-order valence-corrected chi connectivity index (χ0v) is 15.5. The Kier molecular flexibility index (Phi) is 4.74. The van der Waals surface area contributed by atoms with Crippen LogP contribution in [0.5, 0.6) is 0 Å². The fourth-order valence-corrected chi connectivity index (χ4v) is 3.79. The molecule has 28 heavy (non-hydrogen) atoms. The van der Waals surface area contributed by atoms with E-state index in [4.69, 9.17) is 0 Å². The molecule has 0 aliphatic carbocycles. The summed E-state index contributed by atoms with van der Waals surface area (Å²) in [6.07, 6.45) is 2.52. The van der Waals surface area contributed by atoms with E-state index in [1.165, 1.54) is 11.0 Å². The zero-order chi connectivity index (χ0) is 19.8. The van der Waals surface area contributed by atoms with Crippen LogP contribution in [0.15, 0.2) is 18.2 Å². The third kappa shape index (κ3) is 3.32. The lowest BCUT2D eigenvalue weighted by Crippen LogP contribution is -2.40. The Labute approximate surface area is 160 Å². The summed E-state index contributed by atoms with van der Waals surface area (Å²) in [5.41, 5.74) is 1.96. The molecule has 0 atom stereocenters. The number of halogens is 2. The van der Waals surface area contributed by atoms with Gasteiger partial charge in [0.25, 0.3) is 5.91 Å². The molecule has 0 radical (unpaired) electrons. The first-order valence-corrected chi connectivity index (χ1v) is 9.29. The van der Waals surface area contributed by atoms with Crippen LogP contribution < -0.4 is 5.32 Å². The van der Waals surface area contributed by atoms with E-state index >= 15 is 0 Å². The Bertz CT molecular complexity index is 937. The molecule has 2 aromatic rings. The number of urea groups is 1. The molecule has 1 aromatic heterocycles. The molecule has 9 heteroatoms. The molecule has 1 N–H and O–H groups in total. The van der Waals surface area contributed by atoms with Crippen LogP contribution in [0, 0.1) is 11.6 Å². The van der Waals surface area contributed by atoms with Crippen molar-refractivity contribution in [2.75, 3.05) is 25.0 Å². The Balaban J connectivity index is 1.53. The van der Waals surface area contributed by atoms with E-state index in [-0.39, 0.29) is 18.1 Å². The maximum atomic E-state index is 13.8. The molecular weight excluding hydrogens is 368 g/mol. The Hall–Kier alpha value is -2.97. The normalized spacial score (nSPS) is 16.2. The van der Waals surface area contributed by atoms with Gasteiger partial charge in [0.1, 0.15) is 11.6 Å². The Morgan fingerprint density at radius 1 is 1.11 bits per heavy atom. The quantitative estimate of drug-likeness (QED) is 0.858. The lowest BCUT2D eigenvalue weighted by Gasteiger charge is -2.28. The van der Waals surface area contributed by atoms with Crippen LogP contribution >= 0.6 is 0 Å². The number of amides is 3. The SMILES string of the molecule is Cn1nc(C(=O)N2CCCC2)c2c1CCN(C(=O)Nc1ccc(F)cc1F)C2. The maximum Gasteiger partial charge on any atom is 0.322 e. The summed E-state index contributed by atoms with van der Waals surface area (Å²) < 4.78 is 28.6. The van der Waals surface area contributed by atoms with E-state index in [1.54, 1.807) is 16.6 Å². The van der Waals surface area contributed by atoms with Crippen LogP contribution in [0.3, 0.4) is 0 Å². The van der Waals surface area contributed by atoms with Crippen molar-refractivity contribution in [3.63, 3.8) is 0 Å². The third-order valence-electron chi connectivity index (χ3n) is 5.30. The number of aromatic nitrogens is 2. The number of anilines is 1. The van der Waals surface area contributed by atoms with E-state index in [2.05, 4.69) is 10.4 Å². The van der Waals surface area contributed by atoms with Crippen molar-refractivity contribution in [3.8, 4) is 0 Å². The number of nitrogens with one attached hydrogen (secondary N) is 1. The predicted octanol–water partition coefficient (Wildman–Crippen LogP) is 2.52. The summed E-state index contributed by atoms with van der Waals surface area (Å²) in [6.45, 7) is 2.07. The average molecular weight is 389 g/mol. The number of hydrogen-bond donors (Lipinski definition) is 1. The molecule has 148 valence electrons. The predicted molar refractivity (Wildman–Crippen MR) is 97.8 cm³/mol. The number of likely N-dealkylation sites (tertiary alicyclic amines) is 1. The van der Waals surface area contributed by atoms with Crippen molar-refractivity contribution in [2.24, 2.45) is 7.05 Å². The van der Waals surface area contributed by atoms with Crippen molar-refractivity contribution in [1.82, 2.24) is 19.6 Å². The van der Waals surface area contributed by atoms with Gasteiger partial charge in [-0.05, 0) is 25.0 Å². The molecule has 1 fully saturated rings. The van der Waals surface area contributed by atoms with Gasteiger partial charge in [0.15, 0.2) is 5.69 Å². The number of rotatable bonds is 2. The Morgan fingerprint density at radius 2 is 1.86 bits per heavy atom. The summed E-state index contributed by atoms with van der Waals surface area (Å²) in [6, 6.07) is 2.49. The first kappa shape index (κ1) is 18.4. The minimum Gasteiger partial charge on any atom is -0.337 e. The van der Waals surface area contributed by atoms with Gasteiger partial charge in [-0.3, -0.25) is 9.48 Å². The highest BCUT2D eigenvalue weighted by Gasteiger charge is 2.32. The number of carbonyl (C=O) groups excluding carboxylic acids is 2. The van der Waals surface area contributed by atoms with Gasteiger partial charge in [0.2, 0.25) is 0 Å². The molecule has 0 spiro atoms. The van der Waals surface area contributed by atoms with E-state index in [0.717, 1.165) is 49.3 Å². The first-order chi connectivity index (χ1) is 13.4. The van der Waals surface area contributed by atoms with E-state index in [0.29, 0.717) is 18.7 Å². The van der Waals surface area contributed by atoms with Crippen LogP contribution in [0.25, 0.3) is 0 Å². The van der Waals surface area contributed by atoms with Gasteiger partial charge < -0.3 is 15.1 Å². The second kappa shape index (κ2) is 7.21. The summed E-state index contributed by atoms with van der Waals surface area (Å²) >= 11 is 0. The summed E-state index contributed by atoms with van der Waals surface area (Å²) in [7, 11) is 1.79. The fourth-order valence-electron chi connectivity index (χ4n) is 3.79. The largest absolute Gasteiger partial charge is 0.337 e. The van der Waals surface area contributed by atoms with Crippen LogP contribution in [0.4, 0.5) is 19.3 Å². The van der Waals surface area contributed by atoms with Crippen LogP contribution in [0.1, 0.15) is 34.6 Å². The Morgan fingerprint density at radius 3 is 2.57 bits per heavy atom. The minimum absolute atomic E-state index is 0.0863. The highest BCUT2D eigenvalue weighted by atomic mass is 19.1. The number of hydrogen-bond acceptors (Lipinski definition) is 3. The topological polar surface area (TPSA) is 70.5 Å². The fraction of sp³-hybridized carbons (Fsp3) is 0.421. The second-order valence-electron chi connectivity index (χ2n) is 7.12. The van der Waals surface area contributed by atoms with Gasteiger partial charge in [-0.25, -0.2) is 13.6 Å². The van der Waals surface area contributed by atoms with Crippen LogP contribution in [-0.4, -0.2) is 51.2 Å². The van der Waals surface area contributed by atoms with Gasteiger partial charge in [0, 0.05) is 50.4 Å². The lowest BCUT2D eigenvalue weighted by atomic mass is 10.0. The van der Waals surface area contributed by atoms with Crippen molar-refractivity contribution >= 4 is 17.6 Å². The van der Waals surface area contributed by atoms with E-state index in [9.17, 15) is 18.4 Å². The standard InChI is InChI=1S/C19H21F2N5O2/c1-24-16-6-9-26(19(28)22-15-5-4-12(20)10-14(15)21)11-13(16)17(23-24)18(27)25-7-2-3-8-25/h4-5,10H,2-3,6-9,11H2,1H3,(H,22,28). The number of carbonyl (C=O) groups is 2. The van der Waals surface area contributed by atoms with Crippen molar-refractivity contribution in [1.29, 1.82) is 0 Å². The molecule has 4 rings (SSSR count). The molecule has 1 aromatic carbocycles. The van der Waals surface area contributed by atoms with Crippen molar-refractivity contribution < 1.29 is 18.4 Å². The molecule has 3 heterocycles. The smallest absolute Gasteiger partial charge is 0.322 e. The molecule has 7 nitrogen and oxygen atoms in total. The molecule has 0 unspecified atom stereocenters. The molecular formula is C19H21F2N5O2. The second-order valence-corrected chi connectivity index (χ2v) is 7.12. The van der Waals surface area contributed by atoms with Crippen molar-refractivity contribution in [2.45, 2.75) is 25.8 Å². The number of aryl methyl sites for hydroxylation is 1. The van der Waals surface area contributed by atoms with E-state index in [1.807, 2.05) is 0 Å². The minimum atomic E-state index is -0.836. The van der Waals surface area contributed by atoms with Crippen LogP contribution in [0.2, 0.25) is 0 Å². The van der Waals surface area contributed by atoms with Gasteiger partial charge in [-0.2, -0.15) is 5.10 Å². The number of benzene rings is 1. The van der Waals surface area contributed by atoms with Gasteiger partial charge in [-0.15, -0.1) is 0 Å². The van der Waals surface area contributed by atoms with Crippen LogP contribution in [-0.2, 0) is 20.0 Å². The van der Waals surface area contributed by atoms with Gasteiger partial charge in [0.05, 0.1) is 12.2 Å². The zero-order valence-electron chi connectivity index (χ0n) is 15.5. The van der Waals surface area contributed by atoms with Gasteiger partial charge in [-0.1, -0.05) is 0 Å². The molecule has 1 saturated heterocycles. The molecule has 0 bridgehead atoms. The summed E-state index contributed by atoms with van der Waals surface area (Å²) in [4.78, 5) is 28.7. The summed E-state index contributed by atoms with van der Waals surface area (Å²) in [5, 5.41) is 6.88. The number of nitrogens with zero attached hydrogens (tertiary/aromatic N) is 4. The summed E-state index contributed by atoms with van der Waals surface area (Å²) in [5.74, 6) is -1.66. The highest BCUT2D eigenvalue weighted by Crippen LogP contribution is 2.25. The molecule has 0 saturated carbocycles. The molecule has 2 aliphatic rings. The first-order valence-electron chi connectivity index (χ1n) is 9.29. The molecule has 3 amide bonds. The third-order valence-corrected chi connectivity index (χ3v) is 5.30.